The number of aromatic nitrogens is 4. The molecule has 0 amide bonds. The lowest BCUT2D eigenvalue weighted by Gasteiger charge is -2.14. The minimum absolute atomic E-state index is 0.0803. The number of hydrogen-bond donors (Lipinski definition) is 1. The van der Waals surface area contributed by atoms with Crippen LogP contribution in [0.15, 0.2) is 12.5 Å². The first kappa shape index (κ1) is 12.1. The number of rotatable bonds is 4. The standard InChI is InChI=1S/C11H16ClN5/c1-7(2)9(12)5-13-10-8-4-16-17(3)11(8)15-6-14-10/h4,6-7,9H,5H2,1-3H3,(H,13,14,15). The molecule has 0 aliphatic heterocycles. The molecule has 17 heavy (non-hydrogen) atoms. The zero-order valence-corrected chi connectivity index (χ0v) is 10.9. The number of hydrogen-bond acceptors (Lipinski definition) is 4. The van der Waals surface area contributed by atoms with Gasteiger partial charge in [0.15, 0.2) is 5.65 Å². The molecular weight excluding hydrogens is 238 g/mol. The maximum absolute atomic E-state index is 6.20. The Kier molecular flexibility index (Phi) is 3.47. The molecule has 0 aliphatic rings. The van der Waals surface area contributed by atoms with E-state index in [1.807, 2.05) is 7.05 Å². The molecule has 0 spiro atoms. The van der Waals surface area contributed by atoms with Gasteiger partial charge in [-0.15, -0.1) is 11.6 Å². The van der Waals surface area contributed by atoms with Gasteiger partial charge in [-0.05, 0) is 5.92 Å². The van der Waals surface area contributed by atoms with Crippen molar-refractivity contribution in [2.45, 2.75) is 19.2 Å². The van der Waals surface area contributed by atoms with Crippen molar-refractivity contribution in [3.63, 3.8) is 0 Å². The van der Waals surface area contributed by atoms with E-state index in [-0.39, 0.29) is 5.38 Å². The van der Waals surface area contributed by atoms with Gasteiger partial charge in [0.2, 0.25) is 0 Å². The molecule has 2 aromatic rings. The van der Waals surface area contributed by atoms with Crippen LogP contribution in [0, 0.1) is 5.92 Å². The Morgan fingerprint density at radius 1 is 1.41 bits per heavy atom. The zero-order valence-electron chi connectivity index (χ0n) is 10.2. The summed E-state index contributed by atoms with van der Waals surface area (Å²) >= 11 is 6.20. The Bertz CT molecular complexity index is 508. The second-order valence-electron chi connectivity index (χ2n) is 4.37. The first-order valence-corrected chi connectivity index (χ1v) is 6.04. The zero-order chi connectivity index (χ0) is 12.4. The number of aryl methyl sites for hydroxylation is 1. The molecule has 0 fully saturated rings. The molecule has 1 N–H and O–H groups in total. The summed E-state index contributed by atoms with van der Waals surface area (Å²) in [5, 5.41) is 8.40. The SMILES string of the molecule is CC(C)C(Cl)CNc1ncnc2c1cnn2C. The Balaban J connectivity index is 2.19. The van der Waals surface area contributed by atoms with Crippen molar-refractivity contribution in [2.24, 2.45) is 13.0 Å². The van der Waals surface area contributed by atoms with Crippen molar-refractivity contribution >= 4 is 28.5 Å². The van der Waals surface area contributed by atoms with Crippen molar-refractivity contribution < 1.29 is 0 Å². The van der Waals surface area contributed by atoms with Gasteiger partial charge in [-0.3, -0.25) is 4.68 Å². The van der Waals surface area contributed by atoms with Crippen LogP contribution in [0.2, 0.25) is 0 Å². The van der Waals surface area contributed by atoms with Crippen molar-refractivity contribution in [3.8, 4) is 0 Å². The molecule has 1 unspecified atom stereocenters. The van der Waals surface area contributed by atoms with E-state index >= 15 is 0 Å². The van der Waals surface area contributed by atoms with Gasteiger partial charge >= 0.3 is 0 Å². The minimum atomic E-state index is 0.0803. The third-order valence-electron chi connectivity index (χ3n) is 2.72. The van der Waals surface area contributed by atoms with Gasteiger partial charge in [0, 0.05) is 13.6 Å². The molecular formula is C11H16ClN5. The first-order chi connectivity index (χ1) is 8.09. The highest BCUT2D eigenvalue weighted by molar-refractivity contribution is 6.21. The van der Waals surface area contributed by atoms with Gasteiger partial charge in [0.1, 0.15) is 12.1 Å². The fourth-order valence-corrected chi connectivity index (χ4v) is 1.61. The third-order valence-corrected chi connectivity index (χ3v) is 3.38. The summed E-state index contributed by atoms with van der Waals surface area (Å²) in [6.45, 7) is 4.87. The van der Waals surface area contributed by atoms with E-state index < -0.39 is 0 Å². The average molecular weight is 254 g/mol. The molecule has 5 nitrogen and oxygen atoms in total. The topological polar surface area (TPSA) is 55.6 Å². The number of fused-ring (bicyclic) bond motifs is 1. The van der Waals surface area contributed by atoms with E-state index in [0.717, 1.165) is 16.9 Å². The minimum Gasteiger partial charge on any atom is -0.368 e. The predicted octanol–water partition coefficient (Wildman–Crippen LogP) is 2.04. The van der Waals surface area contributed by atoms with Crippen LogP contribution in [-0.4, -0.2) is 31.7 Å². The maximum Gasteiger partial charge on any atom is 0.163 e. The molecule has 2 rings (SSSR count). The normalized spacial score (nSPS) is 13.2. The Morgan fingerprint density at radius 3 is 2.88 bits per heavy atom. The monoisotopic (exact) mass is 253 g/mol. The number of nitrogens with zero attached hydrogens (tertiary/aromatic N) is 4. The average Bonchev–Trinajstić information content (AvgIpc) is 2.69. The van der Waals surface area contributed by atoms with E-state index in [9.17, 15) is 0 Å². The van der Waals surface area contributed by atoms with Crippen molar-refractivity contribution in [1.82, 2.24) is 19.7 Å². The molecule has 0 bridgehead atoms. The van der Waals surface area contributed by atoms with Crippen LogP contribution < -0.4 is 5.32 Å². The Morgan fingerprint density at radius 2 is 2.18 bits per heavy atom. The number of halogens is 1. The Hall–Kier alpha value is -1.36. The molecule has 2 aromatic heterocycles. The fraction of sp³-hybridized carbons (Fsp3) is 0.545. The van der Waals surface area contributed by atoms with Gasteiger partial charge in [-0.2, -0.15) is 5.10 Å². The van der Waals surface area contributed by atoms with E-state index in [1.54, 1.807) is 10.9 Å². The van der Waals surface area contributed by atoms with Crippen LogP contribution in [0.3, 0.4) is 0 Å². The largest absolute Gasteiger partial charge is 0.368 e. The molecule has 0 aromatic carbocycles. The molecule has 0 radical (unpaired) electrons. The molecule has 0 saturated heterocycles. The van der Waals surface area contributed by atoms with Gasteiger partial charge in [0.05, 0.1) is 17.0 Å². The first-order valence-electron chi connectivity index (χ1n) is 5.60. The predicted molar refractivity (Wildman–Crippen MR) is 69.3 cm³/mol. The molecule has 2 heterocycles. The summed E-state index contributed by atoms with van der Waals surface area (Å²) in [4.78, 5) is 8.40. The summed E-state index contributed by atoms with van der Waals surface area (Å²) in [5.41, 5.74) is 0.818. The fourth-order valence-electron chi connectivity index (χ4n) is 1.53. The van der Waals surface area contributed by atoms with E-state index in [0.29, 0.717) is 12.5 Å². The molecule has 92 valence electrons. The highest BCUT2D eigenvalue weighted by atomic mass is 35.5. The number of anilines is 1. The number of alkyl halides is 1. The second-order valence-corrected chi connectivity index (χ2v) is 4.93. The second kappa shape index (κ2) is 4.87. The lowest BCUT2D eigenvalue weighted by Crippen LogP contribution is -2.20. The quantitative estimate of drug-likeness (QED) is 0.848. The maximum atomic E-state index is 6.20. The van der Waals surface area contributed by atoms with Crippen molar-refractivity contribution in [3.05, 3.63) is 12.5 Å². The van der Waals surface area contributed by atoms with Crippen molar-refractivity contribution in [1.29, 1.82) is 0 Å². The summed E-state index contributed by atoms with van der Waals surface area (Å²) < 4.78 is 1.73. The van der Waals surface area contributed by atoms with Crippen molar-refractivity contribution in [2.75, 3.05) is 11.9 Å². The van der Waals surface area contributed by atoms with Gasteiger partial charge in [0.25, 0.3) is 0 Å². The Labute approximate surface area is 105 Å². The van der Waals surface area contributed by atoms with E-state index in [1.165, 1.54) is 6.33 Å². The van der Waals surface area contributed by atoms with Crippen LogP contribution in [0.5, 0.6) is 0 Å². The van der Waals surface area contributed by atoms with Gasteiger partial charge < -0.3 is 5.32 Å². The number of nitrogens with one attached hydrogen (secondary N) is 1. The molecule has 6 heteroatoms. The molecule has 0 saturated carbocycles. The molecule has 0 aliphatic carbocycles. The smallest absolute Gasteiger partial charge is 0.163 e. The van der Waals surface area contributed by atoms with Crippen LogP contribution in [0.4, 0.5) is 5.82 Å². The van der Waals surface area contributed by atoms with E-state index in [2.05, 4.69) is 34.2 Å². The van der Waals surface area contributed by atoms with Gasteiger partial charge in [-0.1, -0.05) is 13.8 Å². The molecule has 1 atom stereocenters. The van der Waals surface area contributed by atoms with Crippen LogP contribution in [-0.2, 0) is 7.05 Å². The highest BCUT2D eigenvalue weighted by Crippen LogP contribution is 2.18. The van der Waals surface area contributed by atoms with Crippen LogP contribution >= 0.6 is 11.6 Å². The summed E-state index contributed by atoms with van der Waals surface area (Å²) in [6.07, 6.45) is 3.29. The van der Waals surface area contributed by atoms with Crippen LogP contribution in [0.1, 0.15) is 13.8 Å². The van der Waals surface area contributed by atoms with Crippen LogP contribution in [0.25, 0.3) is 11.0 Å². The highest BCUT2D eigenvalue weighted by Gasteiger charge is 2.12. The third kappa shape index (κ3) is 2.49. The summed E-state index contributed by atoms with van der Waals surface area (Å²) in [5.74, 6) is 1.21. The summed E-state index contributed by atoms with van der Waals surface area (Å²) in [7, 11) is 1.86. The lowest BCUT2D eigenvalue weighted by molar-refractivity contribution is 0.616. The lowest BCUT2D eigenvalue weighted by atomic mass is 10.1. The van der Waals surface area contributed by atoms with Gasteiger partial charge in [-0.25, -0.2) is 9.97 Å². The summed E-state index contributed by atoms with van der Waals surface area (Å²) in [6, 6.07) is 0. The van der Waals surface area contributed by atoms with E-state index in [4.69, 9.17) is 11.6 Å².